The van der Waals surface area contributed by atoms with Crippen LogP contribution in [0.1, 0.15) is 23.6 Å². The van der Waals surface area contributed by atoms with Crippen LogP contribution in [0.3, 0.4) is 0 Å². The molecule has 198 valence electrons. The van der Waals surface area contributed by atoms with E-state index in [9.17, 15) is 12.8 Å². The third-order valence-electron chi connectivity index (χ3n) is 6.65. The fourth-order valence-corrected chi connectivity index (χ4v) is 5.87. The van der Waals surface area contributed by atoms with E-state index in [1.54, 1.807) is 42.5 Å². The SMILES string of the molecule is C=C/C=C\c1cccc(S(=O)(=O)Nc2ccc(C(=C)N3CCN(Cc4ccc(F)cc4)C[C@@H]3C)cc2)c1N. The van der Waals surface area contributed by atoms with E-state index in [-0.39, 0.29) is 22.4 Å². The van der Waals surface area contributed by atoms with Crippen molar-refractivity contribution in [1.82, 2.24) is 9.80 Å². The van der Waals surface area contributed by atoms with E-state index in [1.807, 2.05) is 24.3 Å². The molecule has 0 bridgehead atoms. The van der Waals surface area contributed by atoms with Gasteiger partial charge in [-0.15, -0.1) is 0 Å². The lowest BCUT2D eigenvalue weighted by molar-refractivity contribution is 0.123. The van der Waals surface area contributed by atoms with E-state index in [0.29, 0.717) is 11.3 Å². The van der Waals surface area contributed by atoms with Crippen molar-refractivity contribution in [2.24, 2.45) is 0 Å². The Balaban J connectivity index is 1.40. The van der Waals surface area contributed by atoms with Gasteiger partial charge in [-0.05, 0) is 53.9 Å². The van der Waals surface area contributed by atoms with Gasteiger partial charge in [-0.1, -0.05) is 67.8 Å². The van der Waals surface area contributed by atoms with Gasteiger partial charge >= 0.3 is 0 Å². The molecule has 0 aromatic heterocycles. The van der Waals surface area contributed by atoms with Gasteiger partial charge in [0.2, 0.25) is 0 Å². The average Bonchev–Trinajstić information content (AvgIpc) is 2.89. The van der Waals surface area contributed by atoms with Crippen LogP contribution in [-0.4, -0.2) is 43.9 Å². The summed E-state index contributed by atoms with van der Waals surface area (Å²) in [5.74, 6) is -0.225. The molecule has 38 heavy (non-hydrogen) atoms. The van der Waals surface area contributed by atoms with Crippen LogP contribution in [0.15, 0.2) is 96.9 Å². The molecular formula is C30H33FN4O2S. The topological polar surface area (TPSA) is 78.7 Å². The number of rotatable bonds is 9. The van der Waals surface area contributed by atoms with Crippen LogP contribution in [-0.2, 0) is 16.6 Å². The molecule has 3 aromatic carbocycles. The van der Waals surface area contributed by atoms with Crippen LogP contribution < -0.4 is 10.5 Å². The summed E-state index contributed by atoms with van der Waals surface area (Å²) in [6.07, 6.45) is 5.02. The van der Waals surface area contributed by atoms with Gasteiger partial charge < -0.3 is 10.6 Å². The summed E-state index contributed by atoms with van der Waals surface area (Å²) in [6.45, 7) is 13.4. The monoisotopic (exact) mass is 532 g/mol. The van der Waals surface area contributed by atoms with E-state index in [0.717, 1.165) is 43.0 Å². The minimum absolute atomic E-state index is 0.0181. The number of nitrogens with one attached hydrogen (secondary N) is 1. The largest absolute Gasteiger partial charge is 0.397 e. The number of nitrogens with zero attached hydrogens (tertiary/aromatic N) is 2. The van der Waals surface area contributed by atoms with Crippen LogP contribution in [0.2, 0.25) is 0 Å². The number of hydrogen-bond donors (Lipinski definition) is 2. The van der Waals surface area contributed by atoms with Crippen molar-refractivity contribution in [1.29, 1.82) is 0 Å². The smallest absolute Gasteiger partial charge is 0.263 e. The van der Waals surface area contributed by atoms with E-state index in [1.165, 1.54) is 18.2 Å². The number of allylic oxidation sites excluding steroid dienone is 2. The normalized spacial score (nSPS) is 16.5. The number of hydrogen-bond acceptors (Lipinski definition) is 5. The number of sulfonamides is 1. The zero-order valence-corrected chi connectivity index (χ0v) is 22.3. The summed E-state index contributed by atoms with van der Waals surface area (Å²) in [7, 11) is -3.88. The van der Waals surface area contributed by atoms with Gasteiger partial charge in [0.05, 0.1) is 5.69 Å². The average molecular weight is 533 g/mol. The molecule has 1 aliphatic heterocycles. The lowest BCUT2D eigenvalue weighted by Crippen LogP contribution is -2.50. The molecule has 0 aliphatic carbocycles. The minimum Gasteiger partial charge on any atom is -0.397 e. The van der Waals surface area contributed by atoms with E-state index >= 15 is 0 Å². The van der Waals surface area contributed by atoms with Crippen LogP contribution in [0.5, 0.6) is 0 Å². The van der Waals surface area contributed by atoms with Crippen molar-refractivity contribution in [2.75, 3.05) is 30.1 Å². The quantitative estimate of drug-likeness (QED) is 0.278. The number of nitrogens with two attached hydrogens (primary N) is 1. The highest BCUT2D eigenvalue weighted by molar-refractivity contribution is 7.92. The maximum atomic E-state index is 13.2. The molecule has 0 spiro atoms. The maximum Gasteiger partial charge on any atom is 0.263 e. The fourth-order valence-electron chi connectivity index (χ4n) is 4.64. The second kappa shape index (κ2) is 11.7. The van der Waals surface area contributed by atoms with Crippen molar-refractivity contribution in [3.05, 3.63) is 115 Å². The molecule has 1 aliphatic rings. The molecule has 4 rings (SSSR count). The Labute approximate surface area is 224 Å². The Morgan fingerprint density at radius 2 is 1.82 bits per heavy atom. The van der Waals surface area contributed by atoms with E-state index < -0.39 is 10.0 Å². The Morgan fingerprint density at radius 1 is 1.11 bits per heavy atom. The predicted octanol–water partition coefficient (Wildman–Crippen LogP) is 5.58. The van der Waals surface area contributed by atoms with Gasteiger partial charge in [0, 0.05) is 43.6 Å². The Kier molecular flexibility index (Phi) is 8.34. The molecule has 3 N–H and O–H groups in total. The zero-order chi connectivity index (χ0) is 27.3. The first kappa shape index (κ1) is 27.2. The first-order chi connectivity index (χ1) is 18.2. The van der Waals surface area contributed by atoms with Crippen molar-refractivity contribution in [2.45, 2.75) is 24.4 Å². The predicted molar refractivity (Wildman–Crippen MR) is 154 cm³/mol. The van der Waals surface area contributed by atoms with E-state index in [4.69, 9.17) is 5.73 Å². The lowest BCUT2D eigenvalue weighted by atomic mass is 10.1. The van der Waals surface area contributed by atoms with E-state index in [2.05, 4.69) is 34.6 Å². The fraction of sp³-hybridized carbons (Fsp3) is 0.200. The van der Waals surface area contributed by atoms with Gasteiger partial charge in [-0.2, -0.15) is 0 Å². The second-order valence-corrected chi connectivity index (χ2v) is 11.0. The van der Waals surface area contributed by atoms with Gasteiger partial charge in [0.25, 0.3) is 10.0 Å². The maximum absolute atomic E-state index is 13.2. The first-order valence-electron chi connectivity index (χ1n) is 12.4. The van der Waals surface area contributed by atoms with Gasteiger partial charge in [-0.25, -0.2) is 12.8 Å². The number of halogens is 1. The standard InChI is InChI=1S/C30H33FN4O2S/c1-4-5-7-26-8-6-9-29(30(26)32)38(36,37)33-28-16-12-25(13-17-28)23(3)35-19-18-34(20-22(35)2)21-24-10-14-27(31)15-11-24/h4-17,22,33H,1,3,18-21,32H2,2H3/b7-5-/t22-/m0/s1. The third kappa shape index (κ3) is 6.33. The summed E-state index contributed by atoms with van der Waals surface area (Å²) in [5.41, 5.74) is 10.3. The summed E-state index contributed by atoms with van der Waals surface area (Å²) < 4.78 is 41.9. The Bertz CT molecular complexity index is 1430. The molecule has 8 heteroatoms. The second-order valence-electron chi connectivity index (χ2n) is 9.39. The Morgan fingerprint density at radius 3 is 2.47 bits per heavy atom. The summed E-state index contributed by atoms with van der Waals surface area (Å²) >= 11 is 0. The Hall–Kier alpha value is -3.88. The van der Waals surface area contributed by atoms with Crippen molar-refractivity contribution in [3.63, 3.8) is 0 Å². The summed E-state index contributed by atoms with van der Waals surface area (Å²) in [6, 6.07) is 18.9. The molecule has 0 radical (unpaired) electrons. The zero-order valence-electron chi connectivity index (χ0n) is 21.5. The minimum atomic E-state index is -3.88. The lowest BCUT2D eigenvalue weighted by Gasteiger charge is -2.42. The van der Waals surface area contributed by atoms with Crippen molar-refractivity contribution >= 4 is 33.2 Å². The first-order valence-corrected chi connectivity index (χ1v) is 13.9. The molecule has 1 heterocycles. The van der Waals surface area contributed by atoms with Crippen LogP contribution in [0.25, 0.3) is 11.8 Å². The molecule has 1 atom stereocenters. The molecular weight excluding hydrogens is 499 g/mol. The van der Waals surface area contributed by atoms with Crippen molar-refractivity contribution in [3.8, 4) is 0 Å². The summed E-state index contributed by atoms with van der Waals surface area (Å²) in [4.78, 5) is 4.64. The third-order valence-corrected chi connectivity index (χ3v) is 8.09. The number of benzene rings is 3. The molecule has 0 unspecified atom stereocenters. The highest BCUT2D eigenvalue weighted by atomic mass is 32.2. The molecule has 3 aromatic rings. The number of piperazine rings is 1. The van der Waals surface area contributed by atoms with Gasteiger partial charge in [0.15, 0.2) is 0 Å². The summed E-state index contributed by atoms with van der Waals surface area (Å²) in [5, 5.41) is 0. The molecule has 1 saturated heterocycles. The highest BCUT2D eigenvalue weighted by Gasteiger charge is 2.25. The molecule has 0 amide bonds. The highest BCUT2D eigenvalue weighted by Crippen LogP contribution is 2.28. The molecule has 1 fully saturated rings. The number of nitrogen functional groups attached to an aromatic ring is 1. The van der Waals surface area contributed by atoms with Crippen molar-refractivity contribution < 1.29 is 12.8 Å². The van der Waals surface area contributed by atoms with Crippen LogP contribution >= 0.6 is 0 Å². The van der Waals surface area contributed by atoms with Gasteiger partial charge in [0.1, 0.15) is 10.7 Å². The number of para-hydroxylation sites is 1. The van der Waals surface area contributed by atoms with Gasteiger partial charge in [-0.3, -0.25) is 9.62 Å². The molecule has 6 nitrogen and oxygen atoms in total. The van der Waals surface area contributed by atoms with Crippen LogP contribution in [0.4, 0.5) is 15.8 Å². The number of anilines is 2. The molecule has 0 saturated carbocycles. The van der Waals surface area contributed by atoms with Crippen LogP contribution in [0, 0.1) is 5.82 Å².